The Bertz CT molecular complexity index is 134. The first-order valence-corrected chi connectivity index (χ1v) is 3.20. The van der Waals surface area contributed by atoms with Crippen molar-refractivity contribution in [3.8, 4) is 0 Å². The Kier molecular flexibility index (Phi) is 3.22. The van der Waals surface area contributed by atoms with Crippen LogP contribution in [-0.2, 0) is 0 Å². The molecule has 0 spiro atoms. The van der Waals surface area contributed by atoms with Crippen molar-refractivity contribution in [2.75, 3.05) is 0 Å². The van der Waals surface area contributed by atoms with Gasteiger partial charge in [-0.1, -0.05) is 25.4 Å². The third kappa shape index (κ3) is 2.60. The van der Waals surface area contributed by atoms with Crippen molar-refractivity contribution in [1.82, 2.24) is 0 Å². The molecule has 0 aromatic heterocycles. The Morgan fingerprint density at radius 3 is 1.80 bits per heavy atom. The van der Waals surface area contributed by atoms with Crippen molar-refractivity contribution in [3.05, 3.63) is 11.1 Å². The van der Waals surface area contributed by atoms with Gasteiger partial charge >= 0.3 is 6.18 Å². The summed E-state index contributed by atoms with van der Waals surface area (Å²) < 4.78 is 35.5. The molecule has 0 aliphatic rings. The molecule has 0 rings (SSSR count). The van der Waals surface area contributed by atoms with Gasteiger partial charge in [-0.05, 0) is 5.92 Å². The molecular formula is C6H8ClF3. The van der Waals surface area contributed by atoms with Gasteiger partial charge in [-0.3, -0.25) is 0 Å². The number of halogens is 4. The van der Waals surface area contributed by atoms with Gasteiger partial charge < -0.3 is 0 Å². The lowest BCUT2D eigenvalue weighted by atomic mass is 10.1. The first-order valence-electron chi connectivity index (χ1n) is 2.77. The van der Waals surface area contributed by atoms with Crippen LogP contribution in [0.5, 0.6) is 0 Å². The SMILES string of the molecule is CC(C)/C(=C\Cl)C(F)(F)F. The summed E-state index contributed by atoms with van der Waals surface area (Å²) in [4.78, 5) is 0. The average molecular weight is 173 g/mol. The number of hydrogen-bond acceptors (Lipinski definition) is 0. The molecule has 10 heavy (non-hydrogen) atoms. The second-order valence-electron chi connectivity index (χ2n) is 2.22. The third-order valence-electron chi connectivity index (χ3n) is 1.07. The molecule has 0 aliphatic heterocycles. The smallest absolute Gasteiger partial charge is 0.166 e. The summed E-state index contributed by atoms with van der Waals surface area (Å²) in [5, 5.41) is 0. The molecule has 0 saturated heterocycles. The van der Waals surface area contributed by atoms with Crippen LogP contribution in [0.4, 0.5) is 13.2 Å². The van der Waals surface area contributed by atoms with E-state index in [1.54, 1.807) is 0 Å². The monoisotopic (exact) mass is 172 g/mol. The lowest BCUT2D eigenvalue weighted by Crippen LogP contribution is -2.15. The summed E-state index contributed by atoms with van der Waals surface area (Å²) in [6.07, 6.45) is -4.28. The fraction of sp³-hybridized carbons (Fsp3) is 0.667. The van der Waals surface area contributed by atoms with E-state index in [0.717, 1.165) is 0 Å². The normalized spacial score (nSPS) is 14.5. The summed E-state index contributed by atoms with van der Waals surface area (Å²) in [6.45, 7) is 2.89. The molecule has 0 saturated carbocycles. The molecule has 0 aromatic rings. The number of hydrogen-bond donors (Lipinski definition) is 0. The van der Waals surface area contributed by atoms with Gasteiger partial charge in [-0.25, -0.2) is 0 Å². The average Bonchev–Trinajstić information content (AvgIpc) is 1.60. The van der Waals surface area contributed by atoms with Crippen LogP contribution in [0.25, 0.3) is 0 Å². The molecule has 4 heteroatoms. The van der Waals surface area contributed by atoms with Gasteiger partial charge in [0.1, 0.15) is 0 Å². The Morgan fingerprint density at radius 1 is 1.40 bits per heavy atom. The number of allylic oxidation sites excluding steroid dienone is 1. The fourth-order valence-corrected chi connectivity index (χ4v) is 0.891. The van der Waals surface area contributed by atoms with Gasteiger partial charge in [0.05, 0.1) is 0 Å². The van der Waals surface area contributed by atoms with Crippen molar-refractivity contribution in [2.45, 2.75) is 20.0 Å². The standard InChI is InChI=1S/C6H8ClF3/c1-4(2)5(3-7)6(8,9)10/h3-4H,1-2H3/b5-3+. The summed E-state index contributed by atoms with van der Waals surface area (Å²) in [6, 6.07) is 0. The first kappa shape index (κ1) is 9.82. The molecule has 0 amide bonds. The lowest BCUT2D eigenvalue weighted by molar-refractivity contribution is -0.0974. The van der Waals surface area contributed by atoms with E-state index in [1.165, 1.54) is 13.8 Å². The zero-order chi connectivity index (χ0) is 8.36. The highest BCUT2D eigenvalue weighted by Crippen LogP contribution is 2.31. The van der Waals surface area contributed by atoms with Gasteiger partial charge in [0.25, 0.3) is 0 Å². The van der Waals surface area contributed by atoms with Crippen molar-refractivity contribution >= 4 is 11.6 Å². The molecule has 0 heterocycles. The van der Waals surface area contributed by atoms with E-state index >= 15 is 0 Å². The minimum atomic E-state index is -4.28. The predicted octanol–water partition coefficient (Wildman–Crippen LogP) is 3.33. The Hall–Kier alpha value is -0.180. The van der Waals surface area contributed by atoms with Crippen LogP contribution in [0.2, 0.25) is 0 Å². The lowest BCUT2D eigenvalue weighted by Gasteiger charge is -2.12. The minimum Gasteiger partial charge on any atom is -0.166 e. The molecule has 60 valence electrons. The summed E-state index contributed by atoms with van der Waals surface area (Å²) in [5.41, 5.74) is -0.0980. The molecule has 0 N–H and O–H groups in total. The maximum atomic E-state index is 11.8. The van der Waals surface area contributed by atoms with E-state index in [4.69, 9.17) is 11.6 Å². The number of alkyl halides is 3. The molecule has 0 nitrogen and oxygen atoms in total. The molecule has 0 bridgehead atoms. The summed E-state index contributed by atoms with van der Waals surface area (Å²) >= 11 is 4.97. The van der Waals surface area contributed by atoms with Gasteiger partial charge in [0.2, 0.25) is 0 Å². The Balaban J connectivity index is 4.40. The van der Waals surface area contributed by atoms with Crippen LogP contribution in [0.1, 0.15) is 13.8 Å². The highest BCUT2D eigenvalue weighted by atomic mass is 35.5. The topological polar surface area (TPSA) is 0 Å². The summed E-state index contributed by atoms with van der Waals surface area (Å²) in [7, 11) is 0. The van der Waals surface area contributed by atoms with E-state index in [0.29, 0.717) is 5.54 Å². The first-order chi connectivity index (χ1) is 4.39. The zero-order valence-electron chi connectivity index (χ0n) is 5.67. The molecule has 0 aromatic carbocycles. The number of rotatable bonds is 1. The van der Waals surface area contributed by atoms with E-state index in [1.807, 2.05) is 0 Å². The van der Waals surface area contributed by atoms with E-state index in [-0.39, 0.29) is 0 Å². The van der Waals surface area contributed by atoms with Crippen LogP contribution in [0.15, 0.2) is 11.1 Å². The van der Waals surface area contributed by atoms with Crippen LogP contribution in [0.3, 0.4) is 0 Å². The maximum absolute atomic E-state index is 11.8. The third-order valence-corrected chi connectivity index (χ3v) is 1.30. The van der Waals surface area contributed by atoms with Crippen molar-refractivity contribution < 1.29 is 13.2 Å². The molecule has 0 atom stereocenters. The predicted molar refractivity (Wildman–Crippen MR) is 34.8 cm³/mol. The molecule has 0 fully saturated rings. The van der Waals surface area contributed by atoms with Gasteiger partial charge in [-0.15, -0.1) is 0 Å². The molecular weight excluding hydrogens is 165 g/mol. The van der Waals surface area contributed by atoms with Crippen LogP contribution >= 0.6 is 11.6 Å². The second kappa shape index (κ2) is 3.28. The van der Waals surface area contributed by atoms with Gasteiger partial charge in [0, 0.05) is 11.1 Å². The largest absolute Gasteiger partial charge is 0.413 e. The highest BCUT2D eigenvalue weighted by Gasteiger charge is 2.34. The Labute approximate surface area is 62.7 Å². The van der Waals surface area contributed by atoms with Gasteiger partial charge in [0.15, 0.2) is 0 Å². The van der Waals surface area contributed by atoms with E-state index < -0.39 is 17.7 Å². The molecule has 0 aliphatic carbocycles. The highest BCUT2D eigenvalue weighted by molar-refractivity contribution is 6.25. The maximum Gasteiger partial charge on any atom is 0.413 e. The fourth-order valence-electron chi connectivity index (χ4n) is 0.515. The van der Waals surface area contributed by atoms with Crippen molar-refractivity contribution in [2.24, 2.45) is 5.92 Å². The Morgan fingerprint density at radius 2 is 1.80 bits per heavy atom. The van der Waals surface area contributed by atoms with Gasteiger partial charge in [-0.2, -0.15) is 13.2 Å². The van der Waals surface area contributed by atoms with Crippen LogP contribution in [0, 0.1) is 5.92 Å². The van der Waals surface area contributed by atoms with E-state index in [9.17, 15) is 13.2 Å². The second-order valence-corrected chi connectivity index (χ2v) is 2.44. The molecule has 0 radical (unpaired) electrons. The van der Waals surface area contributed by atoms with Crippen molar-refractivity contribution in [3.63, 3.8) is 0 Å². The zero-order valence-corrected chi connectivity index (χ0v) is 6.42. The van der Waals surface area contributed by atoms with E-state index in [2.05, 4.69) is 0 Å². The quantitative estimate of drug-likeness (QED) is 0.569. The van der Waals surface area contributed by atoms with Crippen LogP contribution in [-0.4, -0.2) is 6.18 Å². The van der Waals surface area contributed by atoms with Crippen molar-refractivity contribution in [1.29, 1.82) is 0 Å². The molecule has 0 unspecified atom stereocenters. The van der Waals surface area contributed by atoms with Crippen LogP contribution < -0.4 is 0 Å². The summed E-state index contributed by atoms with van der Waals surface area (Å²) in [5.74, 6) is -0.572. The minimum absolute atomic E-state index is 0.572.